The van der Waals surface area contributed by atoms with Gasteiger partial charge in [0.2, 0.25) is 11.8 Å². The van der Waals surface area contributed by atoms with Gasteiger partial charge in [0.1, 0.15) is 6.10 Å². The van der Waals surface area contributed by atoms with E-state index in [4.69, 9.17) is 15.2 Å². The number of hydrogen-bond donors (Lipinski definition) is 5. The number of rotatable bonds is 6. The number of nitrogens with two attached hydrogens (primary N) is 1. The van der Waals surface area contributed by atoms with E-state index in [1.165, 1.54) is 6.92 Å². The van der Waals surface area contributed by atoms with Crippen molar-refractivity contribution in [3.8, 4) is 0 Å². The summed E-state index contributed by atoms with van der Waals surface area (Å²) in [5.74, 6) is -0.320. The van der Waals surface area contributed by atoms with Crippen LogP contribution in [0.25, 0.3) is 0 Å². The van der Waals surface area contributed by atoms with Gasteiger partial charge >= 0.3 is 0 Å². The van der Waals surface area contributed by atoms with E-state index in [1.807, 2.05) is 20.8 Å². The van der Waals surface area contributed by atoms with Crippen molar-refractivity contribution in [2.75, 3.05) is 13.1 Å². The molecule has 0 aromatic rings. The Morgan fingerprint density at radius 3 is 1.97 bits per heavy atom. The van der Waals surface area contributed by atoms with Gasteiger partial charge in [-0.05, 0) is 29.6 Å². The van der Waals surface area contributed by atoms with Crippen LogP contribution in [0.15, 0.2) is 0 Å². The lowest BCUT2D eigenvalue weighted by molar-refractivity contribution is -0.165. The first-order valence-corrected chi connectivity index (χ1v) is 11.5. The van der Waals surface area contributed by atoms with E-state index in [-0.39, 0.29) is 48.1 Å². The van der Waals surface area contributed by atoms with Gasteiger partial charge in [0.25, 0.3) is 5.91 Å². The zero-order chi connectivity index (χ0) is 23.5. The van der Waals surface area contributed by atoms with Crippen LogP contribution in [-0.2, 0) is 23.9 Å². The highest BCUT2D eigenvalue weighted by Gasteiger charge is 2.46. The number of nitrogens with one attached hydrogen (secondary N) is 3. The van der Waals surface area contributed by atoms with Gasteiger partial charge in [-0.2, -0.15) is 0 Å². The SMILES string of the molecule is CC(=O)NC1C(C)C(C)[C@@H](CNC(=O)C2OC(CN)C(C)C(C)C2C)O[C@H]1C(=O)NS. The Labute approximate surface area is 190 Å². The predicted molar refractivity (Wildman–Crippen MR) is 120 cm³/mol. The molecule has 9 nitrogen and oxygen atoms in total. The third-order valence-corrected chi connectivity index (χ3v) is 7.60. The number of amides is 3. The molecule has 8 unspecified atom stereocenters. The van der Waals surface area contributed by atoms with Gasteiger partial charge in [-0.25, -0.2) is 0 Å². The third-order valence-electron chi connectivity index (χ3n) is 7.38. The minimum Gasteiger partial charge on any atom is -0.363 e. The molecule has 2 fully saturated rings. The molecule has 2 rings (SSSR count). The second-order valence-electron chi connectivity index (χ2n) is 9.17. The van der Waals surface area contributed by atoms with E-state index in [2.05, 4.69) is 42.0 Å². The van der Waals surface area contributed by atoms with Crippen molar-refractivity contribution in [3.63, 3.8) is 0 Å². The van der Waals surface area contributed by atoms with Crippen molar-refractivity contribution in [3.05, 3.63) is 0 Å². The second kappa shape index (κ2) is 11.0. The number of carbonyl (C=O) groups is 3. The number of carbonyl (C=O) groups excluding carboxylic acids is 3. The van der Waals surface area contributed by atoms with Gasteiger partial charge in [0, 0.05) is 20.0 Å². The van der Waals surface area contributed by atoms with Crippen LogP contribution in [0, 0.1) is 29.6 Å². The molecule has 0 aromatic heterocycles. The first-order valence-electron chi connectivity index (χ1n) is 11.0. The highest BCUT2D eigenvalue weighted by atomic mass is 32.1. The molecule has 0 aliphatic carbocycles. The molecular formula is C21H38N4O5S. The summed E-state index contributed by atoms with van der Waals surface area (Å²) in [5.41, 5.74) is 5.84. The molecule has 31 heavy (non-hydrogen) atoms. The first kappa shape index (κ1) is 25.9. The van der Waals surface area contributed by atoms with Crippen molar-refractivity contribution in [1.29, 1.82) is 0 Å². The first-order chi connectivity index (χ1) is 14.5. The van der Waals surface area contributed by atoms with Gasteiger partial charge in [-0.15, -0.1) is 0 Å². The van der Waals surface area contributed by atoms with E-state index in [0.29, 0.717) is 12.5 Å². The Kier molecular flexibility index (Phi) is 9.17. The van der Waals surface area contributed by atoms with Crippen LogP contribution in [0.5, 0.6) is 0 Å². The van der Waals surface area contributed by atoms with Gasteiger partial charge in [-0.1, -0.05) is 47.4 Å². The smallest absolute Gasteiger partial charge is 0.260 e. The van der Waals surface area contributed by atoms with Gasteiger partial charge in [0.05, 0.1) is 18.2 Å². The van der Waals surface area contributed by atoms with Crippen molar-refractivity contribution < 1.29 is 23.9 Å². The molecule has 2 aliphatic heterocycles. The molecule has 178 valence electrons. The average molecular weight is 459 g/mol. The van der Waals surface area contributed by atoms with Crippen LogP contribution in [0.2, 0.25) is 0 Å². The van der Waals surface area contributed by atoms with Crippen LogP contribution >= 0.6 is 12.8 Å². The van der Waals surface area contributed by atoms with Gasteiger partial charge in [0.15, 0.2) is 6.10 Å². The molecule has 0 saturated carbocycles. The second-order valence-corrected chi connectivity index (χ2v) is 9.39. The molecule has 2 aliphatic rings. The molecular weight excluding hydrogens is 420 g/mol. The van der Waals surface area contributed by atoms with Crippen LogP contribution in [0.3, 0.4) is 0 Å². The van der Waals surface area contributed by atoms with Crippen LogP contribution < -0.4 is 21.1 Å². The molecule has 3 amide bonds. The molecule has 2 heterocycles. The van der Waals surface area contributed by atoms with Crippen molar-refractivity contribution >= 4 is 30.5 Å². The highest BCUT2D eigenvalue weighted by molar-refractivity contribution is 7.78. The van der Waals surface area contributed by atoms with E-state index < -0.39 is 30.3 Å². The van der Waals surface area contributed by atoms with E-state index in [0.717, 1.165) is 0 Å². The largest absolute Gasteiger partial charge is 0.363 e. The number of hydrogen-bond acceptors (Lipinski definition) is 7. The summed E-state index contributed by atoms with van der Waals surface area (Å²) < 4.78 is 14.3. The predicted octanol–water partition coefficient (Wildman–Crippen LogP) is 0.242. The Morgan fingerprint density at radius 2 is 1.42 bits per heavy atom. The van der Waals surface area contributed by atoms with E-state index in [9.17, 15) is 14.4 Å². The molecule has 0 radical (unpaired) electrons. The minimum absolute atomic E-state index is 0.0125. The topological polar surface area (TPSA) is 132 Å². The molecule has 10 heteroatoms. The third kappa shape index (κ3) is 5.71. The fourth-order valence-electron chi connectivity index (χ4n) is 4.70. The molecule has 0 spiro atoms. The monoisotopic (exact) mass is 458 g/mol. The fourth-order valence-corrected chi connectivity index (χ4v) is 4.83. The summed E-state index contributed by atoms with van der Waals surface area (Å²) in [5, 5.41) is 5.76. The Bertz CT molecular complexity index is 664. The zero-order valence-electron chi connectivity index (χ0n) is 19.3. The Morgan fingerprint density at radius 1 is 0.839 bits per heavy atom. The lowest BCUT2D eigenvalue weighted by Gasteiger charge is -2.45. The minimum atomic E-state index is -0.901. The van der Waals surface area contributed by atoms with Crippen LogP contribution in [0.4, 0.5) is 0 Å². The normalized spacial score (nSPS) is 40.6. The standard InChI is InChI=1S/C21H38N4O5S/c1-9-10(2)15(7-22)29-18(13(9)5)20(27)23-8-16-11(3)12(4)17(24-14(6)26)19(30-16)21(28)25-31/h9-13,15-19,31H,7-8,22H2,1-6H3,(H,23,27)(H,24,26)(H,25,28)/t9?,10?,11?,12?,13?,15?,16-,17?,18?,19-/m1/s1. The summed E-state index contributed by atoms with van der Waals surface area (Å²) in [7, 11) is 0. The van der Waals surface area contributed by atoms with Gasteiger partial charge in [-0.3, -0.25) is 14.4 Å². The molecule has 0 bridgehead atoms. The molecule has 2 saturated heterocycles. The van der Waals surface area contributed by atoms with Crippen molar-refractivity contribution in [2.45, 2.75) is 72.0 Å². The van der Waals surface area contributed by atoms with E-state index >= 15 is 0 Å². The summed E-state index contributed by atoms with van der Waals surface area (Å²) in [4.78, 5) is 36.9. The van der Waals surface area contributed by atoms with E-state index in [1.54, 1.807) is 0 Å². The summed E-state index contributed by atoms with van der Waals surface area (Å²) >= 11 is 3.85. The fraction of sp³-hybridized carbons (Fsp3) is 0.857. The van der Waals surface area contributed by atoms with Crippen molar-refractivity contribution in [2.24, 2.45) is 35.3 Å². The number of ether oxygens (including phenoxy) is 2. The quantitative estimate of drug-likeness (QED) is 0.362. The Hall–Kier alpha value is -1.36. The number of thiol groups is 1. The maximum atomic E-state index is 13.0. The summed E-state index contributed by atoms with van der Waals surface area (Å²) in [6.45, 7) is 12.2. The van der Waals surface area contributed by atoms with Crippen LogP contribution in [-0.4, -0.2) is 61.3 Å². The van der Waals surface area contributed by atoms with Gasteiger partial charge < -0.3 is 30.6 Å². The van der Waals surface area contributed by atoms with Crippen molar-refractivity contribution in [1.82, 2.24) is 15.4 Å². The lowest BCUT2D eigenvalue weighted by atomic mass is 9.76. The summed E-state index contributed by atoms with van der Waals surface area (Å²) in [6.07, 6.45) is -2.05. The maximum Gasteiger partial charge on any atom is 0.260 e. The van der Waals surface area contributed by atoms with Crippen LogP contribution in [0.1, 0.15) is 41.5 Å². The molecule has 10 atom stereocenters. The Balaban J connectivity index is 2.07. The molecule has 5 N–H and O–H groups in total. The zero-order valence-corrected chi connectivity index (χ0v) is 20.1. The average Bonchev–Trinajstić information content (AvgIpc) is 2.74. The highest BCUT2D eigenvalue weighted by Crippen LogP contribution is 2.35. The lowest BCUT2D eigenvalue weighted by Crippen LogP contribution is -2.62. The molecule has 0 aromatic carbocycles. The summed E-state index contributed by atoms with van der Waals surface area (Å²) in [6, 6.07) is -0.485. The maximum absolute atomic E-state index is 13.0.